The van der Waals surface area contributed by atoms with Crippen LogP contribution in [0.5, 0.6) is 5.75 Å². The molecular formula is C31H34F2N6O2. The molecule has 41 heavy (non-hydrogen) atoms. The molecule has 2 aromatic carbocycles. The number of halogens is 2. The summed E-state index contributed by atoms with van der Waals surface area (Å²) in [6.45, 7) is 5.12. The predicted octanol–water partition coefficient (Wildman–Crippen LogP) is 5.84. The molecule has 1 N–H and O–H groups in total. The van der Waals surface area contributed by atoms with Crippen molar-refractivity contribution in [2.24, 2.45) is 0 Å². The second-order valence-corrected chi connectivity index (χ2v) is 10.8. The number of aromatic nitrogens is 3. The van der Waals surface area contributed by atoms with E-state index in [1.54, 1.807) is 17.9 Å². The fraction of sp³-hybridized carbons (Fsp3) is 0.355. The zero-order valence-corrected chi connectivity index (χ0v) is 23.5. The fourth-order valence-electron chi connectivity index (χ4n) is 5.71. The zero-order chi connectivity index (χ0) is 28.7. The van der Waals surface area contributed by atoms with Crippen molar-refractivity contribution >= 4 is 28.2 Å². The Morgan fingerprint density at radius 1 is 1.24 bits per heavy atom. The third-order valence-electron chi connectivity index (χ3n) is 7.72. The number of benzene rings is 2. The number of ether oxygens (including phenoxy) is 1. The van der Waals surface area contributed by atoms with E-state index in [1.807, 2.05) is 67.7 Å². The maximum atomic E-state index is 14.4. The fourth-order valence-corrected chi connectivity index (χ4v) is 5.71. The number of hydrogen-bond donors (Lipinski definition) is 1. The molecule has 6 rings (SSSR count). The maximum absolute atomic E-state index is 14.4. The number of alkyl halides is 2. The van der Waals surface area contributed by atoms with Gasteiger partial charge in [-0.2, -0.15) is 0 Å². The topological polar surface area (TPSA) is 67.7 Å². The van der Waals surface area contributed by atoms with Crippen molar-refractivity contribution < 1.29 is 18.4 Å². The summed E-state index contributed by atoms with van der Waals surface area (Å²) < 4.78 is 36.3. The Hall–Kier alpha value is -4.02. The van der Waals surface area contributed by atoms with Crippen LogP contribution in [0.3, 0.4) is 0 Å². The van der Waals surface area contributed by atoms with E-state index >= 15 is 0 Å². The number of anilines is 3. The van der Waals surface area contributed by atoms with Crippen molar-refractivity contribution in [3.05, 3.63) is 72.6 Å². The van der Waals surface area contributed by atoms with Gasteiger partial charge in [-0.25, -0.2) is 18.7 Å². The number of fused-ring (bicyclic) bond motifs is 4. The summed E-state index contributed by atoms with van der Waals surface area (Å²) in [5.41, 5.74) is 5.99. The number of nitrogens with one attached hydrogen (secondary N) is 1. The van der Waals surface area contributed by atoms with Gasteiger partial charge in [0.25, 0.3) is 5.92 Å². The van der Waals surface area contributed by atoms with Crippen LogP contribution in [0.1, 0.15) is 17.7 Å². The Kier molecular flexibility index (Phi) is 7.13. The van der Waals surface area contributed by atoms with Gasteiger partial charge in [0.2, 0.25) is 5.95 Å². The maximum Gasteiger partial charge on any atom is 0.266 e. The van der Waals surface area contributed by atoms with E-state index in [1.165, 1.54) is 0 Å². The van der Waals surface area contributed by atoms with Crippen molar-refractivity contribution in [2.75, 3.05) is 44.7 Å². The molecule has 0 amide bonds. The van der Waals surface area contributed by atoms with E-state index in [0.717, 1.165) is 45.6 Å². The van der Waals surface area contributed by atoms with Crippen LogP contribution in [-0.2, 0) is 24.2 Å². The first-order valence-corrected chi connectivity index (χ1v) is 13.8. The number of nitrogens with zero attached hydrogens (tertiary/aromatic N) is 5. The molecule has 10 heteroatoms. The van der Waals surface area contributed by atoms with Gasteiger partial charge < -0.3 is 19.5 Å². The van der Waals surface area contributed by atoms with Crippen LogP contribution in [0.2, 0.25) is 0 Å². The van der Waals surface area contributed by atoms with E-state index in [-0.39, 0.29) is 25.5 Å². The third kappa shape index (κ3) is 5.25. The Labute approximate surface area is 238 Å². The molecule has 0 spiro atoms. The molecule has 0 aliphatic carbocycles. The van der Waals surface area contributed by atoms with Gasteiger partial charge in [0.05, 0.1) is 37.3 Å². The second-order valence-electron chi connectivity index (χ2n) is 10.8. The zero-order valence-electron chi connectivity index (χ0n) is 23.5. The number of methoxy groups -OCH3 is 1. The van der Waals surface area contributed by atoms with Gasteiger partial charge in [-0.15, -0.1) is 6.58 Å². The van der Waals surface area contributed by atoms with E-state index in [9.17, 15) is 8.78 Å². The first kappa shape index (κ1) is 27.2. The Balaban J connectivity index is 1.36. The number of para-hydroxylation sites is 1. The van der Waals surface area contributed by atoms with Crippen molar-refractivity contribution in [1.82, 2.24) is 19.4 Å². The molecular weight excluding hydrogens is 526 g/mol. The van der Waals surface area contributed by atoms with Crippen LogP contribution in [0.15, 0.2) is 61.3 Å². The molecule has 214 valence electrons. The highest BCUT2D eigenvalue weighted by atomic mass is 19.3. The smallest absolute Gasteiger partial charge is 0.266 e. The lowest BCUT2D eigenvalue weighted by Gasteiger charge is -2.35. The average Bonchev–Trinajstić information content (AvgIpc) is 3.28. The van der Waals surface area contributed by atoms with Crippen molar-refractivity contribution in [3.63, 3.8) is 0 Å². The highest BCUT2D eigenvalue weighted by Crippen LogP contribution is 2.42. The molecule has 8 nitrogen and oxygen atoms in total. The van der Waals surface area contributed by atoms with Gasteiger partial charge in [0, 0.05) is 53.8 Å². The molecule has 2 aliphatic rings. The average molecular weight is 561 g/mol. The molecule has 2 aliphatic heterocycles. The van der Waals surface area contributed by atoms with Crippen LogP contribution in [0.25, 0.3) is 22.2 Å². The molecule has 1 unspecified atom stereocenters. The molecule has 2 aromatic heterocycles. The van der Waals surface area contributed by atoms with E-state index in [0.29, 0.717) is 30.4 Å². The quantitative estimate of drug-likeness (QED) is 0.272. The monoisotopic (exact) mass is 560 g/mol. The summed E-state index contributed by atoms with van der Waals surface area (Å²) in [5, 5.41) is 6.16. The summed E-state index contributed by atoms with van der Waals surface area (Å²) in [4.78, 5) is 17.6. The molecule has 0 saturated heterocycles. The minimum atomic E-state index is -2.73. The third-order valence-corrected chi connectivity index (χ3v) is 7.72. The second kappa shape index (κ2) is 10.8. The number of rotatable bonds is 8. The number of likely N-dealkylation sites (N-methyl/N-ethyl adjacent to an activating group) is 1. The molecule has 0 saturated carbocycles. The molecule has 0 radical (unpaired) electrons. The van der Waals surface area contributed by atoms with Gasteiger partial charge in [0.1, 0.15) is 11.9 Å². The summed E-state index contributed by atoms with van der Waals surface area (Å²) >= 11 is 0. The van der Waals surface area contributed by atoms with E-state index in [4.69, 9.17) is 14.6 Å². The Morgan fingerprint density at radius 3 is 2.85 bits per heavy atom. The van der Waals surface area contributed by atoms with Gasteiger partial charge in [-0.3, -0.25) is 9.90 Å². The van der Waals surface area contributed by atoms with Crippen molar-refractivity contribution in [1.29, 1.82) is 0 Å². The summed E-state index contributed by atoms with van der Waals surface area (Å²) in [6, 6.07) is 13.5. The minimum absolute atomic E-state index is 0.146. The molecule has 0 fully saturated rings. The summed E-state index contributed by atoms with van der Waals surface area (Å²) in [5.74, 6) is -1.71. The van der Waals surface area contributed by atoms with E-state index in [2.05, 4.69) is 21.8 Å². The van der Waals surface area contributed by atoms with Crippen LogP contribution >= 0.6 is 0 Å². The van der Waals surface area contributed by atoms with Crippen molar-refractivity contribution in [3.8, 4) is 17.0 Å². The number of hydroxylamine groups is 1. The molecule has 1 atom stereocenters. The van der Waals surface area contributed by atoms with Gasteiger partial charge in [0.15, 0.2) is 0 Å². The number of hydrogen-bond acceptors (Lipinski definition) is 7. The van der Waals surface area contributed by atoms with Gasteiger partial charge in [-0.1, -0.05) is 24.3 Å². The minimum Gasteiger partial charge on any atom is -0.494 e. The highest BCUT2D eigenvalue weighted by molar-refractivity contribution is 5.97. The normalized spacial score (nSPS) is 17.8. The predicted molar refractivity (Wildman–Crippen MR) is 157 cm³/mol. The Morgan fingerprint density at radius 2 is 2.07 bits per heavy atom. The van der Waals surface area contributed by atoms with Crippen LogP contribution in [0, 0.1) is 0 Å². The first-order chi connectivity index (χ1) is 19.8. The van der Waals surface area contributed by atoms with E-state index < -0.39 is 5.92 Å². The summed E-state index contributed by atoms with van der Waals surface area (Å²) in [6.07, 6.45) is 4.13. The lowest BCUT2D eigenvalue weighted by Crippen LogP contribution is -2.39. The molecule has 4 heterocycles. The van der Waals surface area contributed by atoms with Crippen LogP contribution < -0.4 is 15.1 Å². The SMILES string of the molecule is C=CC1Cc2cc(Nc3nccc(-c4c5n(c6ccccc46)CC(F)(F)CC5)n3)c(OC)cc2N(CCN(C)C)O1. The lowest BCUT2D eigenvalue weighted by molar-refractivity contribution is -0.0328. The first-order valence-electron chi connectivity index (χ1n) is 13.8. The Bertz CT molecular complexity index is 1600. The standard InChI is InChI=1S/C31H34F2N6O2/c1-5-21-16-20-17-24(28(40-4)18-27(20)39(41-21)15-14-37(2)3)36-30-34-13-11-23(35-30)29-22-8-6-7-9-25(22)38-19-31(32,33)12-10-26(29)38/h5-9,11,13,17-18,21H,1,10,12,14-16,19H2,2-4H3,(H,34,35,36). The summed E-state index contributed by atoms with van der Waals surface area (Å²) in [7, 11) is 5.68. The lowest BCUT2D eigenvalue weighted by atomic mass is 10.0. The van der Waals surface area contributed by atoms with Gasteiger partial charge >= 0.3 is 0 Å². The van der Waals surface area contributed by atoms with Crippen molar-refractivity contribution in [2.45, 2.75) is 37.8 Å². The molecule has 4 aromatic rings. The largest absolute Gasteiger partial charge is 0.494 e. The van der Waals surface area contributed by atoms with Crippen LogP contribution in [0.4, 0.5) is 26.1 Å². The van der Waals surface area contributed by atoms with Gasteiger partial charge in [-0.05, 0) is 44.3 Å². The van der Waals surface area contributed by atoms with Crippen LogP contribution in [-0.4, -0.2) is 65.8 Å². The molecule has 0 bridgehead atoms. The highest BCUT2D eigenvalue weighted by Gasteiger charge is 2.37.